The highest BCUT2D eigenvalue weighted by Crippen LogP contribution is 2.37. The van der Waals surface area contributed by atoms with E-state index in [-0.39, 0.29) is 0 Å². The standard InChI is InChI=1S/C10H13N5OS/c11-8-6(5-12-14-8)10-13-9(15-16-10)7-3-1-2-4-17-7/h5,7H,1-4H2,(H3,11,12,14). The molecule has 0 bridgehead atoms. The molecule has 1 aliphatic heterocycles. The summed E-state index contributed by atoms with van der Waals surface area (Å²) in [5, 5.41) is 10.9. The zero-order valence-electron chi connectivity index (χ0n) is 9.22. The summed E-state index contributed by atoms with van der Waals surface area (Å²) in [4.78, 5) is 4.40. The van der Waals surface area contributed by atoms with E-state index in [0.29, 0.717) is 22.5 Å². The van der Waals surface area contributed by atoms with Gasteiger partial charge in [-0.15, -0.1) is 0 Å². The monoisotopic (exact) mass is 251 g/mol. The summed E-state index contributed by atoms with van der Waals surface area (Å²) in [6.07, 6.45) is 5.22. The van der Waals surface area contributed by atoms with Crippen LogP contribution >= 0.6 is 11.8 Å². The van der Waals surface area contributed by atoms with Crippen molar-refractivity contribution in [3.8, 4) is 11.5 Å². The Morgan fingerprint density at radius 1 is 1.47 bits per heavy atom. The van der Waals surface area contributed by atoms with Gasteiger partial charge in [-0.2, -0.15) is 21.8 Å². The quantitative estimate of drug-likeness (QED) is 0.847. The number of nitrogens with one attached hydrogen (secondary N) is 1. The molecule has 0 radical (unpaired) electrons. The third-order valence-electron chi connectivity index (χ3n) is 2.81. The van der Waals surface area contributed by atoms with E-state index in [4.69, 9.17) is 10.3 Å². The summed E-state index contributed by atoms with van der Waals surface area (Å²) >= 11 is 1.89. The van der Waals surface area contributed by atoms with E-state index >= 15 is 0 Å². The van der Waals surface area contributed by atoms with E-state index in [9.17, 15) is 0 Å². The molecule has 90 valence electrons. The minimum Gasteiger partial charge on any atom is -0.383 e. The van der Waals surface area contributed by atoms with Crippen molar-refractivity contribution >= 4 is 17.6 Å². The van der Waals surface area contributed by atoms with Crippen LogP contribution in [-0.2, 0) is 0 Å². The molecule has 6 nitrogen and oxygen atoms in total. The van der Waals surface area contributed by atoms with Crippen LogP contribution in [0.5, 0.6) is 0 Å². The maximum Gasteiger partial charge on any atom is 0.263 e. The SMILES string of the molecule is Nc1[nH]ncc1-c1nc(C2CCCCS2)no1. The van der Waals surface area contributed by atoms with Crippen LogP contribution in [0.4, 0.5) is 5.82 Å². The summed E-state index contributed by atoms with van der Waals surface area (Å²) in [6.45, 7) is 0. The minimum atomic E-state index is 0.356. The first-order valence-electron chi connectivity index (χ1n) is 5.59. The average molecular weight is 251 g/mol. The molecule has 17 heavy (non-hydrogen) atoms. The molecular weight excluding hydrogens is 238 g/mol. The van der Waals surface area contributed by atoms with Crippen molar-refractivity contribution in [1.29, 1.82) is 0 Å². The Hall–Kier alpha value is -1.50. The highest BCUT2D eigenvalue weighted by molar-refractivity contribution is 7.99. The fraction of sp³-hybridized carbons (Fsp3) is 0.500. The summed E-state index contributed by atoms with van der Waals surface area (Å²) in [5.41, 5.74) is 6.38. The lowest BCUT2D eigenvalue weighted by Gasteiger charge is -2.17. The van der Waals surface area contributed by atoms with Gasteiger partial charge in [0.2, 0.25) is 0 Å². The maximum atomic E-state index is 5.71. The molecule has 1 fully saturated rings. The van der Waals surface area contributed by atoms with Crippen molar-refractivity contribution in [3.63, 3.8) is 0 Å². The number of nitrogens with zero attached hydrogens (tertiary/aromatic N) is 3. The largest absolute Gasteiger partial charge is 0.383 e. The van der Waals surface area contributed by atoms with Gasteiger partial charge >= 0.3 is 0 Å². The average Bonchev–Trinajstić information content (AvgIpc) is 2.98. The van der Waals surface area contributed by atoms with Gasteiger partial charge in [-0.05, 0) is 18.6 Å². The van der Waals surface area contributed by atoms with E-state index < -0.39 is 0 Å². The summed E-state index contributed by atoms with van der Waals surface area (Å²) in [6, 6.07) is 0. The van der Waals surface area contributed by atoms with Crippen LogP contribution in [0.15, 0.2) is 10.7 Å². The summed E-state index contributed by atoms with van der Waals surface area (Å²) in [7, 11) is 0. The number of rotatable bonds is 2. The fourth-order valence-electron chi connectivity index (χ4n) is 1.89. The number of aromatic amines is 1. The zero-order chi connectivity index (χ0) is 11.7. The van der Waals surface area contributed by atoms with E-state index in [2.05, 4.69) is 20.3 Å². The molecule has 1 atom stereocenters. The Balaban J connectivity index is 1.85. The second-order valence-corrected chi connectivity index (χ2v) is 5.32. The molecule has 0 aromatic carbocycles. The summed E-state index contributed by atoms with van der Waals surface area (Å²) in [5.74, 6) is 2.83. The normalized spacial score (nSPS) is 20.6. The molecule has 3 heterocycles. The van der Waals surface area contributed by atoms with Crippen molar-refractivity contribution < 1.29 is 4.52 Å². The van der Waals surface area contributed by atoms with Crippen LogP contribution < -0.4 is 5.73 Å². The second-order valence-electron chi connectivity index (χ2n) is 4.01. The molecule has 0 spiro atoms. The lowest BCUT2D eigenvalue weighted by Crippen LogP contribution is -2.03. The number of anilines is 1. The molecule has 1 aliphatic rings. The number of thioether (sulfide) groups is 1. The maximum absolute atomic E-state index is 5.71. The Morgan fingerprint density at radius 3 is 3.12 bits per heavy atom. The molecule has 3 N–H and O–H groups in total. The third kappa shape index (κ3) is 2.02. The topological polar surface area (TPSA) is 93.6 Å². The Bertz CT molecular complexity index is 502. The zero-order valence-corrected chi connectivity index (χ0v) is 10.0. The van der Waals surface area contributed by atoms with E-state index in [1.807, 2.05) is 11.8 Å². The van der Waals surface area contributed by atoms with Crippen LogP contribution in [0.2, 0.25) is 0 Å². The molecule has 2 aromatic rings. The van der Waals surface area contributed by atoms with Gasteiger partial charge in [-0.3, -0.25) is 5.10 Å². The first-order chi connectivity index (χ1) is 8.34. The van der Waals surface area contributed by atoms with Gasteiger partial charge in [0.15, 0.2) is 5.82 Å². The van der Waals surface area contributed by atoms with Gasteiger partial charge in [0.1, 0.15) is 11.4 Å². The number of nitrogens with two attached hydrogens (primary N) is 1. The highest BCUT2D eigenvalue weighted by Gasteiger charge is 2.22. The van der Waals surface area contributed by atoms with Gasteiger partial charge in [-0.1, -0.05) is 11.6 Å². The summed E-state index contributed by atoms with van der Waals surface area (Å²) < 4.78 is 5.23. The van der Waals surface area contributed by atoms with Crippen LogP contribution in [0, 0.1) is 0 Å². The van der Waals surface area contributed by atoms with E-state index in [1.54, 1.807) is 6.20 Å². The van der Waals surface area contributed by atoms with Crippen LogP contribution in [0.25, 0.3) is 11.5 Å². The molecule has 2 aromatic heterocycles. The molecule has 0 saturated carbocycles. The van der Waals surface area contributed by atoms with Crippen molar-refractivity contribution in [2.24, 2.45) is 0 Å². The molecule has 0 amide bonds. The highest BCUT2D eigenvalue weighted by atomic mass is 32.2. The van der Waals surface area contributed by atoms with Gasteiger partial charge in [-0.25, -0.2) is 0 Å². The van der Waals surface area contributed by atoms with Gasteiger partial charge < -0.3 is 10.3 Å². The van der Waals surface area contributed by atoms with Gasteiger partial charge in [0, 0.05) is 0 Å². The number of hydrogen-bond acceptors (Lipinski definition) is 6. The first kappa shape index (κ1) is 10.6. The number of nitrogen functional groups attached to an aromatic ring is 1. The van der Waals surface area contributed by atoms with Crippen molar-refractivity contribution in [3.05, 3.63) is 12.0 Å². The molecule has 3 rings (SSSR count). The lowest BCUT2D eigenvalue weighted by molar-refractivity contribution is 0.420. The fourth-order valence-corrected chi connectivity index (χ4v) is 3.12. The van der Waals surface area contributed by atoms with E-state index in [0.717, 1.165) is 12.2 Å². The predicted molar refractivity (Wildman–Crippen MR) is 65.3 cm³/mol. The molecule has 0 aliphatic carbocycles. The minimum absolute atomic E-state index is 0.356. The van der Waals surface area contributed by atoms with Crippen molar-refractivity contribution in [1.82, 2.24) is 20.3 Å². The predicted octanol–water partition coefficient (Wildman–Crippen LogP) is 2.00. The molecule has 1 saturated heterocycles. The van der Waals surface area contributed by atoms with Crippen molar-refractivity contribution in [2.75, 3.05) is 11.5 Å². The third-order valence-corrected chi connectivity index (χ3v) is 4.18. The lowest BCUT2D eigenvalue weighted by atomic mass is 10.2. The second kappa shape index (κ2) is 4.40. The Morgan fingerprint density at radius 2 is 2.41 bits per heavy atom. The molecule has 1 unspecified atom stereocenters. The van der Waals surface area contributed by atoms with Crippen LogP contribution in [-0.4, -0.2) is 26.1 Å². The number of hydrogen-bond donors (Lipinski definition) is 2. The smallest absolute Gasteiger partial charge is 0.263 e. The van der Waals surface area contributed by atoms with Gasteiger partial charge in [0.25, 0.3) is 5.89 Å². The Kier molecular flexibility index (Phi) is 2.76. The van der Waals surface area contributed by atoms with Crippen LogP contribution in [0.1, 0.15) is 30.3 Å². The van der Waals surface area contributed by atoms with Crippen molar-refractivity contribution in [2.45, 2.75) is 24.5 Å². The van der Waals surface area contributed by atoms with Gasteiger partial charge in [0.05, 0.1) is 11.4 Å². The number of H-pyrrole nitrogens is 1. The van der Waals surface area contributed by atoms with E-state index in [1.165, 1.54) is 18.6 Å². The molecule has 7 heteroatoms. The number of aromatic nitrogens is 4. The molecular formula is C10H13N5OS. The van der Waals surface area contributed by atoms with Crippen LogP contribution in [0.3, 0.4) is 0 Å². The first-order valence-corrected chi connectivity index (χ1v) is 6.64. The Labute approximate surface area is 102 Å².